The van der Waals surface area contributed by atoms with Gasteiger partial charge in [-0.2, -0.15) is 0 Å². The second-order valence-electron chi connectivity index (χ2n) is 11.7. The topological polar surface area (TPSA) is 55.4 Å². The first-order valence-electron chi connectivity index (χ1n) is 17.1. The Hall–Kier alpha value is -5.10. The predicted octanol–water partition coefficient (Wildman–Crippen LogP) is 11.0. The Kier molecular flexibility index (Phi) is 8.65. The molecule has 0 aliphatic rings. The molecule has 0 fully saturated rings. The van der Waals surface area contributed by atoms with Crippen LogP contribution in [0.3, 0.4) is 0 Å². The predicted molar refractivity (Wildman–Crippen MR) is 198 cm³/mol. The van der Waals surface area contributed by atoms with Gasteiger partial charge in [0.15, 0.2) is 34.5 Å². The van der Waals surface area contributed by atoms with Crippen molar-refractivity contribution in [2.75, 3.05) is 39.6 Å². The minimum absolute atomic E-state index is 0.562. The van der Waals surface area contributed by atoms with E-state index in [1.807, 2.05) is 41.5 Å². The summed E-state index contributed by atoms with van der Waals surface area (Å²) in [7, 11) is 0. The largest absolute Gasteiger partial charge is 0.490 e. The van der Waals surface area contributed by atoms with Crippen molar-refractivity contribution in [1.82, 2.24) is 0 Å². The lowest BCUT2D eigenvalue weighted by molar-refractivity contribution is 0.288. The summed E-state index contributed by atoms with van der Waals surface area (Å²) in [5, 5.41) is 13.6. The molecule has 7 aromatic rings. The summed E-state index contributed by atoms with van der Waals surface area (Å²) in [5.41, 5.74) is 0. The van der Waals surface area contributed by atoms with Gasteiger partial charge in [0.1, 0.15) is 0 Å². The third kappa shape index (κ3) is 5.49. The van der Waals surface area contributed by atoms with Crippen LogP contribution in [0.1, 0.15) is 41.5 Å². The van der Waals surface area contributed by atoms with Gasteiger partial charge in [0.2, 0.25) is 0 Å². The van der Waals surface area contributed by atoms with Crippen LogP contribution < -0.4 is 28.4 Å². The molecule has 0 aromatic heterocycles. The smallest absolute Gasteiger partial charge is 0.161 e. The first-order valence-corrected chi connectivity index (χ1v) is 17.1. The zero-order valence-electron chi connectivity index (χ0n) is 28.6. The molecule has 0 saturated heterocycles. The van der Waals surface area contributed by atoms with Crippen LogP contribution in [-0.4, -0.2) is 39.6 Å². The van der Waals surface area contributed by atoms with Gasteiger partial charge in [0, 0.05) is 0 Å². The van der Waals surface area contributed by atoms with E-state index >= 15 is 0 Å². The fourth-order valence-electron chi connectivity index (χ4n) is 6.87. The van der Waals surface area contributed by atoms with Crippen molar-refractivity contribution in [1.29, 1.82) is 0 Å². The molecule has 48 heavy (non-hydrogen) atoms. The zero-order chi connectivity index (χ0) is 33.4. The van der Waals surface area contributed by atoms with Crippen molar-refractivity contribution in [2.24, 2.45) is 0 Å². The molecule has 7 aromatic carbocycles. The fourth-order valence-corrected chi connectivity index (χ4v) is 6.87. The lowest BCUT2D eigenvalue weighted by Gasteiger charge is -2.18. The van der Waals surface area contributed by atoms with Crippen LogP contribution in [0.15, 0.2) is 72.8 Å². The van der Waals surface area contributed by atoms with Gasteiger partial charge in [0.05, 0.1) is 39.6 Å². The summed E-state index contributed by atoms with van der Waals surface area (Å²) >= 11 is 0. The molecule has 246 valence electrons. The lowest BCUT2D eigenvalue weighted by Crippen LogP contribution is -1.99. The number of fused-ring (bicyclic) bond motifs is 9. The number of hydrogen-bond acceptors (Lipinski definition) is 6. The Labute approximate surface area is 281 Å². The van der Waals surface area contributed by atoms with Gasteiger partial charge in [-0.25, -0.2) is 0 Å². The normalized spacial score (nSPS) is 11.6. The second kappa shape index (κ2) is 13.2. The minimum atomic E-state index is 0.562. The lowest BCUT2D eigenvalue weighted by atomic mass is 9.89. The van der Waals surface area contributed by atoms with Crippen LogP contribution in [0.2, 0.25) is 0 Å². The molecule has 7 rings (SSSR count). The molecule has 0 aliphatic carbocycles. The summed E-state index contributed by atoms with van der Waals surface area (Å²) < 4.78 is 36.2. The highest BCUT2D eigenvalue weighted by Gasteiger charge is 2.17. The van der Waals surface area contributed by atoms with Gasteiger partial charge in [0.25, 0.3) is 0 Å². The third-order valence-corrected chi connectivity index (χ3v) is 8.79. The van der Waals surface area contributed by atoms with E-state index < -0.39 is 0 Å². The Morgan fingerprint density at radius 1 is 0.250 bits per heavy atom. The second-order valence-corrected chi connectivity index (χ2v) is 11.7. The first-order chi connectivity index (χ1) is 23.5. The maximum Gasteiger partial charge on any atom is 0.161 e. The molecule has 0 bridgehead atoms. The molecular formula is C42H42O6. The van der Waals surface area contributed by atoms with Crippen molar-refractivity contribution in [3.05, 3.63) is 72.8 Å². The van der Waals surface area contributed by atoms with E-state index in [-0.39, 0.29) is 0 Å². The molecule has 6 heteroatoms. The monoisotopic (exact) mass is 642 g/mol. The van der Waals surface area contributed by atoms with Gasteiger partial charge in [-0.15, -0.1) is 0 Å². The first kappa shape index (κ1) is 31.5. The van der Waals surface area contributed by atoms with Crippen LogP contribution in [0.5, 0.6) is 34.5 Å². The van der Waals surface area contributed by atoms with E-state index in [1.165, 1.54) is 32.3 Å². The Bertz CT molecular complexity index is 1870. The molecule has 0 atom stereocenters. The molecule has 0 unspecified atom stereocenters. The van der Waals surface area contributed by atoms with Crippen molar-refractivity contribution in [2.45, 2.75) is 41.5 Å². The molecule has 0 radical (unpaired) electrons. The zero-order valence-corrected chi connectivity index (χ0v) is 28.6. The van der Waals surface area contributed by atoms with E-state index in [2.05, 4.69) is 72.8 Å². The Morgan fingerprint density at radius 3 is 0.521 bits per heavy atom. The van der Waals surface area contributed by atoms with Crippen molar-refractivity contribution in [3.63, 3.8) is 0 Å². The molecule has 0 aliphatic heterocycles. The molecule has 0 spiro atoms. The van der Waals surface area contributed by atoms with Crippen molar-refractivity contribution in [3.8, 4) is 34.5 Å². The summed E-state index contributed by atoms with van der Waals surface area (Å²) in [6.07, 6.45) is 0. The van der Waals surface area contributed by atoms with Crippen LogP contribution in [0.4, 0.5) is 0 Å². The molecule has 0 amide bonds. The third-order valence-electron chi connectivity index (χ3n) is 8.79. The molecule has 6 nitrogen and oxygen atoms in total. The highest BCUT2D eigenvalue weighted by Crippen LogP contribution is 2.45. The highest BCUT2D eigenvalue weighted by molar-refractivity contribution is 6.30. The van der Waals surface area contributed by atoms with E-state index in [0.29, 0.717) is 39.6 Å². The number of hydrogen-bond donors (Lipinski definition) is 0. The van der Waals surface area contributed by atoms with Crippen molar-refractivity contribution < 1.29 is 28.4 Å². The van der Waals surface area contributed by atoms with E-state index in [9.17, 15) is 0 Å². The molecule has 0 saturated carbocycles. The summed E-state index contributed by atoms with van der Waals surface area (Å²) in [4.78, 5) is 0. The standard InChI is InChI=1S/C42H42O6/c1-7-43-37-19-25-13-31-32(14-26(25)20-38(37)44-8-2)34-16-28-22-40(46-10-4)42(48-12-6)24-30(28)18-36(34)35-17-29-23-41(47-11-5)39(45-9-3)21-27(29)15-33(31)35/h13-24H,7-12H2,1-6H3. The molecule has 0 N–H and O–H groups in total. The van der Waals surface area contributed by atoms with E-state index in [1.54, 1.807) is 0 Å². The summed E-state index contributed by atoms with van der Waals surface area (Å²) in [6.45, 7) is 15.4. The van der Waals surface area contributed by atoms with E-state index in [4.69, 9.17) is 28.4 Å². The minimum Gasteiger partial charge on any atom is -0.490 e. The van der Waals surface area contributed by atoms with Gasteiger partial charge in [-0.1, -0.05) is 0 Å². The van der Waals surface area contributed by atoms with E-state index in [0.717, 1.165) is 66.8 Å². The van der Waals surface area contributed by atoms with Gasteiger partial charge < -0.3 is 28.4 Å². The fraction of sp³-hybridized carbons (Fsp3) is 0.286. The van der Waals surface area contributed by atoms with Crippen LogP contribution in [0, 0.1) is 0 Å². The highest BCUT2D eigenvalue weighted by atomic mass is 16.5. The number of benzene rings is 7. The molecular weight excluding hydrogens is 600 g/mol. The van der Waals surface area contributed by atoms with Gasteiger partial charge >= 0.3 is 0 Å². The van der Waals surface area contributed by atoms with Crippen LogP contribution >= 0.6 is 0 Å². The van der Waals surface area contributed by atoms with Gasteiger partial charge in [-0.3, -0.25) is 0 Å². The Morgan fingerprint density at radius 2 is 0.396 bits per heavy atom. The Balaban J connectivity index is 1.63. The van der Waals surface area contributed by atoms with Crippen LogP contribution in [0.25, 0.3) is 64.6 Å². The molecule has 0 heterocycles. The summed E-state index contributed by atoms with van der Waals surface area (Å²) in [6, 6.07) is 26.4. The number of rotatable bonds is 12. The SMILES string of the molecule is CCOc1cc2cc3c4cc5cc(OCC)c(OCC)cc5cc4c4cc5cc(OCC)c(OCC)cc5cc4c3cc2cc1OCC. The van der Waals surface area contributed by atoms with Crippen LogP contribution in [-0.2, 0) is 0 Å². The maximum absolute atomic E-state index is 6.03. The van der Waals surface area contributed by atoms with Gasteiger partial charge in [-0.05, 0) is 179 Å². The quantitative estimate of drug-likeness (QED) is 0.0976. The maximum atomic E-state index is 6.03. The average Bonchev–Trinajstić information content (AvgIpc) is 3.08. The average molecular weight is 643 g/mol. The summed E-state index contributed by atoms with van der Waals surface area (Å²) in [5.74, 6) is 4.53. The van der Waals surface area contributed by atoms with Crippen molar-refractivity contribution >= 4 is 64.6 Å². The number of ether oxygens (including phenoxy) is 6.